The van der Waals surface area contributed by atoms with Crippen LogP contribution in [0.25, 0.3) is 0 Å². The highest BCUT2D eigenvalue weighted by Crippen LogP contribution is 2.58. The van der Waals surface area contributed by atoms with Crippen molar-refractivity contribution in [3.05, 3.63) is 72.8 Å². The summed E-state index contributed by atoms with van der Waals surface area (Å²) in [5, 5.41) is 5.12. The molecule has 6 aliphatic rings. The average Bonchev–Trinajstić information content (AvgIpc) is 3.30. The summed E-state index contributed by atoms with van der Waals surface area (Å²) in [5.41, 5.74) is 9.74. The summed E-state index contributed by atoms with van der Waals surface area (Å²) in [4.78, 5) is 2.65. The Morgan fingerprint density at radius 3 is 0.586 bits per heavy atom. The minimum atomic E-state index is -0.0964. The maximum Gasteiger partial charge on any atom is 0.0462 e. The van der Waals surface area contributed by atoms with E-state index in [4.69, 9.17) is 0 Å². The number of benzene rings is 3. The maximum absolute atomic E-state index is 2.65. The fourth-order valence-corrected chi connectivity index (χ4v) is 24.4. The first-order chi connectivity index (χ1) is 28.8. The molecule has 1 nitrogen and oxygen atoms in total. The van der Waals surface area contributed by atoms with Crippen molar-refractivity contribution in [1.29, 1.82) is 0 Å². The predicted molar refractivity (Wildman–Crippen MR) is 262 cm³/mol. The third-order valence-corrected chi connectivity index (χ3v) is 26.5. The van der Waals surface area contributed by atoms with E-state index in [2.05, 4.69) is 77.7 Å². The zero-order valence-electron chi connectivity index (χ0n) is 36.4. The van der Waals surface area contributed by atoms with Gasteiger partial charge in [0.1, 0.15) is 0 Å². The van der Waals surface area contributed by atoms with E-state index < -0.39 is 0 Å². The highest BCUT2D eigenvalue weighted by atomic mass is 31.1. The summed E-state index contributed by atoms with van der Waals surface area (Å²) in [7, 11) is -0.289. The summed E-state index contributed by atoms with van der Waals surface area (Å²) >= 11 is 0. The van der Waals surface area contributed by atoms with Crippen molar-refractivity contribution >= 4 is 56.7 Å². The molecule has 6 fully saturated rings. The molecule has 0 N–H and O–H groups in total. The monoisotopic (exact) mass is 834 g/mol. The van der Waals surface area contributed by atoms with Crippen LogP contribution in [0.1, 0.15) is 193 Å². The van der Waals surface area contributed by atoms with Gasteiger partial charge in [-0.25, -0.2) is 0 Å². The normalized spacial score (nSPS) is 23.2. The van der Waals surface area contributed by atoms with Crippen LogP contribution in [0.4, 0.5) is 17.1 Å². The molecule has 0 heterocycles. The molecule has 3 aromatic carbocycles. The van der Waals surface area contributed by atoms with Gasteiger partial charge in [0.15, 0.2) is 0 Å². The largest absolute Gasteiger partial charge is 0.311 e. The standard InChI is InChI=1S/C54H78NP3/c1-7-19-46(20-8-1)56(47-21-9-2-10-22-47)52-37-31-43(32-38-52)55(44-33-39-53(40-34-44)57(48-23-11-3-12-24-48)49-25-13-4-14-26-49)45-35-41-54(42-36-45)58(50-27-15-5-16-28-50)51-29-17-6-18-30-51/h31-42,46-51H,1-30H2. The Bertz CT molecular complexity index is 1380. The molecule has 3 aromatic rings. The number of nitrogens with zero attached hydrogens (tertiary/aromatic N) is 1. The number of hydrogen-bond donors (Lipinski definition) is 0. The van der Waals surface area contributed by atoms with Crippen LogP contribution in [0.15, 0.2) is 72.8 Å². The smallest absolute Gasteiger partial charge is 0.0462 e. The van der Waals surface area contributed by atoms with E-state index in [1.807, 2.05) is 0 Å². The molecule has 0 spiro atoms. The minimum absolute atomic E-state index is 0.0964. The molecule has 0 aromatic heterocycles. The number of rotatable bonds is 12. The molecule has 0 atom stereocenters. The second kappa shape index (κ2) is 21.2. The maximum atomic E-state index is 2.65. The molecule has 6 saturated carbocycles. The molecule has 0 bridgehead atoms. The Morgan fingerprint density at radius 1 is 0.241 bits per heavy atom. The first-order valence-electron chi connectivity index (χ1n) is 25.3. The van der Waals surface area contributed by atoms with Crippen LogP contribution in [0.5, 0.6) is 0 Å². The second-order valence-electron chi connectivity index (χ2n) is 19.9. The van der Waals surface area contributed by atoms with Crippen molar-refractivity contribution < 1.29 is 0 Å². The van der Waals surface area contributed by atoms with Gasteiger partial charge in [0, 0.05) is 17.1 Å². The van der Waals surface area contributed by atoms with Gasteiger partial charge in [-0.05, 0) is 163 Å². The van der Waals surface area contributed by atoms with Crippen LogP contribution in [0, 0.1) is 0 Å². The second-order valence-corrected chi connectivity index (χ2v) is 28.2. The number of anilines is 3. The Kier molecular flexibility index (Phi) is 15.4. The van der Waals surface area contributed by atoms with Gasteiger partial charge in [0.2, 0.25) is 0 Å². The van der Waals surface area contributed by atoms with E-state index in [1.165, 1.54) is 210 Å². The van der Waals surface area contributed by atoms with E-state index in [0.29, 0.717) is 0 Å². The quantitative estimate of drug-likeness (QED) is 0.164. The van der Waals surface area contributed by atoms with Crippen LogP contribution >= 0.6 is 23.8 Å². The lowest BCUT2D eigenvalue weighted by atomic mass is 9.99. The Balaban J connectivity index is 1.05. The van der Waals surface area contributed by atoms with Crippen LogP contribution in [0.3, 0.4) is 0 Å². The summed E-state index contributed by atoms with van der Waals surface area (Å²) in [6.45, 7) is 0. The third-order valence-electron chi connectivity index (χ3n) is 16.0. The lowest BCUT2D eigenvalue weighted by Crippen LogP contribution is -2.27. The summed E-state index contributed by atoms with van der Waals surface area (Å²) in [6.07, 6.45) is 44.0. The molecule has 6 aliphatic carbocycles. The van der Waals surface area contributed by atoms with Crippen molar-refractivity contribution in [1.82, 2.24) is 0 Å². The van der Waals surface area contributed by atoms with E-state index in [0.717, 1.165) is 34.0 Å². The molecule has 4 heteroatoms. The summed E-state index contributed by atoms with van der Waals surface area (Å²) < 4.78 is 0. The molecule has 0 radical (unpaired) electrons. The molecular weight excluding hydrogens is 756 g/mol. The van der Waals surface area contributed by atoms with Gasteiger partial charge in [0.25, 0.3) is 0 Å². The fourth-order valence-electron chi connectivity index (χ4n) is 13.1. The highest BCUT2D eigenvalue weighted by Gasteiger charge is 2.35. The third kappa shape index (κ3) is 10.2. The molecule has 314 valence electrons. The van der Waals surface area contributed by atoms with Crippen molar-refractivity contribution in [2.75, 3.05) is 4.90 Å². The van der Waals surface area contributed by atoms with E-state index >= 15 is 0 Å². The molecule has 58 heavy (non-hydrogen) atoms. The SMILES string of the molecule is c1cc(P(C2CCCCC2)C2CCCCC2)ccc1N(c1ccc(P(C2CCCCC2)C2CCCCC2)cc1)c1ccc(P(C2CCCCC2)C2CCCCC2)cc1. The fraction of sp³-hybridized carbons (Fsp3) is 0.667. The predicted octanol–water partition coefficient (Wildman–Crippen LogP) is 16.5. The van der Waals surface area contributed by atoms with Crippen molar-refractivity contribution in [3.8, 4) is 0 Å². The average molecular weight is 834 g/mol. The van der Waals surface area contributed by atoms with Crippen molar-refractivity contribution in [2.45, 2.75) is 227 Å². The van der Waals surface area contributed by atoms with E-state index in [1.54, 1.807) is 15.9 Å². The van der Waals surface area contributed by atoms with Crippen LogP contribution in [-0.2, 0) is 0 Å². The summed E-state index contributed by atoms with van der Waals surface area (Å²) in [5.74, 6) is 0. The number of hydrogen-bond acceptors (Lipinski definition) is 1. The Hall–Kier alpha value is -1.25. The molecule has 0 aliphatic heterocycles. The van der Waals surface area contributed by atoms with Gasteiger partial charge < -0.3 is 4.90 Å². The zero-order chi connectivity index (χ0) is 38.9. The Morgan fingerprint density at radius 2 is 0.414 bits per heavy atom. The van der Waals surface area contributed by atoms with Gasteiger partial charge in [-0.1, -0.05) is 176 Å². The van der Waals surface area contributed by atoms with Gasteiger partial charge in [0.05, 0.1) is 0 Å². The Labute approximate surface area is 359 Å². The lowest BCUT2D eigenvalue weighted by molar-refractivity contribution is 0.487. The van der Waals surface area contributed by atoms with Gasteiger partial charge in [-0.15, -0.1) is 0 Å². The van der Waals surface area contributed by atoms with Crippen LogP contribution in [-0.4, -0.2) is 34.0 Å². The lowest BCUT2D eigenvalue weighted by Gasteiger charge is -2.39. The van der Waals surface area contributed by atoms with Gasteiger partial charge >= 0.3 is 0 Å². The molecule has 0 saturated heterocycles. The highest BCUT2D eigenvalue weighted by molar-refractivity contribution is 7.67. The first kappa shape index (κ1) is 42.1. The topological polar surface area (TPSA) is 3.24 Å². The van der Waals surface area contributed by atoms with Gasteiger partial charge in [-0.3, -0.25) is 0 Å². The zero-order valence-corrected chi connectivity index (χ0v) is 39.1. The summed E-state index contributed by atoms with van der Waals surface area (Å²) in [6, 6.07) is 31.0. The minimum Gasteiger partial charge on any atom is -0.311 e. The van der Waals surface area contributed by atoms with Crippen LogP contribution < -0.4 is 20.8 Å². The first-order valence-corrected chi connectivity index (χ1v) is 29.7. The molecule has 0 amide bonds. The van der Waals surface area contributed by atoms with E-state index in [9.17, 15) is 0 Å². The van der Waals surface area contributed by atoms with Crippen molar-refractivity contribution in [2.24, 2.45) is 0 Å². The van der Waals surface area contributed by atoms with E-state index in [-0.39, 0.29) is 23.8 Å². The molecule has 9 rings (SSSR count). The van der Waals surface area contributed by atoms with Crippen LogP contribution in [0.2, 0.25) is 0 Å². The van der Waals surface area contributed by atoms with Crippen molar-refractivity contribution in [3.63, 3.8) is 0 Å². The molecule has 0 unspecified atom stereocenters. The molecular formula is C54H78NP3. The van der Waals surface area contributed by atoms with Gasteiger partial charge in [-0.2, -0.15) is 0 Å².